The molecule has 1 amide bonds. The quantitative estimate of drug-likeness (QED) is 0.563. The third kappa shape index (κ3) is 4.85. The maximum Gasteiger partial charge on any atom is 0.303 e. The van der Waals surface area contributed by atoms with E-state index in [9.17, 15) is 9.59 Å². The van der Waals surface area contributed by atoms with Gasteiger partial charge in [-0.2, -0.15) is 0 Å². The minimum atomic E-state index is -1.09. The largest absolute Gasteiger partial charge is 0.481 e. The summed E-state index contributed by atoms with van der Waals surface area (Å²) in [5.74, 6) is -0.715. The second-order valence-corrected chi connectivity index (χ2v) is 2.39. The molecular weight excluding hydrogens is 171 g/mol. The van der Waals surface area contributed by atoms with Gasteiger partial charge in [0.1, 0.15) is 0 Å². The Balaban J connectivity index is 4.16. The zero-order chi connectivity index (χ0) is 10.3. The summed E-state index contributed by atoms with van der Waals surface area (Å²) in [6.07, 6.45) is -0.348. The van der Waals surface area contributed by atoms with Gasteiger partial charge in [0.25, 0.3) is 7.28 Å². The highest BCUT2D eigenvalue weighted by Crippen LogP contribution is 2.08. The molecule has 2 N–H and O–H groups in total. The molecule has 1 atom stereocenters. The highest BCUT2D eigenvalue weighted by Gasteiger charge is 2.21. The van der Waals surface area contributed by atoms with Gasteiger partial charge in [-0.3, -0.25) is 9.59 Å². The van der Waals surface area contributed by atoms with E-state index < -0.39 is 17.7 Å². The van der Waals surface area contributed by atoms with Crippen LogP contribution in [0.1, 0.15) is 13.3 Å². The average Bonchev–Trinajstić information content (AvgIpc) is 2.03. The molecule has 0 aliphatic heterocycles. The molecule has 13 heavy (non-hydrogen) atoms. The Morgan fingerprint density at radius 1 is 1.69 bits per heavy atom. The zero-order valence-electron chi connectivity index (χ0n) is 7.28. The van der Waals surface area contributed by atoms with Gasteiger partial charge in [0.15, 0.2) is 0 Å². The van der Waals surface area contributed by atoms with Gasteiger partial charge in [0, 0.05) is 12.4 Å². The van der Waals surface area contributed by atoms with Gasteiger partial charge in [0.2, 0.25) is 5.91 Å². The van der Waals surface area contributed by atoms with Crippen LogP contribution in [0.3, 0.4) is 0 Å². The highest BCUT2D eigenvalue weighted by molar-refractivity contribution is 6.52. The molecule has 0 aromatic carbocycles. The van der Waals surface area contributed by atoms with Gasteiger partial charge in [-0.15, -0.1) is 0 Å². The van der Waals surface area contributed by atoms with Crippen molar-refractivity contribution in [3.8, 4) is 5.97 Å². The third-order valence-corrected chi connectivity index (χ3v) is 1.36. The summed E-state index contributed by atoms with van der Waals surface area (Å²) in [6.45, 7) is 2.15. The molecule has 69 valence electrons. The van der Waals surface area contributed by atoms with E-state index in [1.807, 2.05) is 0 Å². The van der Waals surface area contributed by atoms with Crippen molar-refractivity contribution in [2.45, 2.75) is 19.2 Å². The van der Waals surface area contributed by atoms with Crippen LogP contribution in [-0.4, -0.2) is 30.8 Å². The summed E-state index contributed by atoms with van der Waals surface area (Å²) in [5.41, 5.74) is 0. The van der Waals surface area contributed by atoms with Crippen LogP contribution in [-0.2, 0) is 9.59 Å². The fourth-order valence-electron chi connectivity index (χ4n) is 0.811. The molecule has 1 unspecified atom stereocenters. The van der Waals surface area contributed by atoms with E-state index in [0.717, 1.165) is 7.28 Å². The molecule has 0 aliphatic carbocycles. The number of carbonyl (C=O) groups is 2. The van der Waals surface area contributed by atoms with Gasteiger partial charge < -0.3 is 10.4 Å². The number of nitriles is 1. The highest BCUT2D eigenvalue weighted by atomic mass is 16.4. The number of nitrogens with one attached hydrogen (secondary N) is 1. The van der Waals surface area contributed by atoms with Gasteiger partial charge in [-0.25, -0.2) is 5.26 Å². The number of carbonyl (C=O) groups excluding carboxylic acids is 1. The van der Waals surface area contributed by atoms with E-state index in [-0.39, 0.29) is 6.42 Å². The lowest BCUT2D eigenvalue weighted by atomic mass is 9.64. The summed E-state index contributed by atoms with van der Waals surface area (Å²) < 4.78 is 0. The van der Waals surface area contributed by atoms with Crippen molar-refractivity contribution in [1.82, 2.24) is 5.32 Å². The zero-order valence-corrected chi connectivity index (χ0v) is 7.28. The van der Waals surface area contributed by atoms with Crippen molar-refractivity contribution in [1.29, 1.82) is 5.26 Å². The first-order valence-corrected chi connectivity index (χ1v) is 3.84. The van der Waals surface area contributed by atoms with E-state index in [2.05, 4.69) is 5.32 Å². The van der Waals surface area contributed by atoms with E-state index in [0.29, 0.717) is 6.54 Å². The van der Waals surface area contributed by atoms with E-state index >= 15 is 0 Å². The number of amides is 1. The van der Waals surface area contributed by atoms with Crippen LogP contribution in [0.25, 0.3) is 0 Å². The first-order valence-electron chi connectivity index (χ1n) is 3.84. The Morgan fingerprint density at radius 3 is 2.69 bits per heavy atom. The summed E-state index contributed by atoms with van der Waals surface area (Å²) in [6, 6.07) is 0. The Kier molecular flexibility index (Phi) is 5.36. The van der Waals surface area contributed by atoms with E-state index in [4.69, 9.17) is 10.4 Å². The van der Waals surface area contributed by atoms with Gasteiger partial charge in [-0.05, 0) is 12.9 Å². The molecule has 0 fully saturated rings. The average molecular weight is 181 g/mol. The maximum atomic E-state index is 11.1. The molecule has 0 heterocycles. The predicted molar refractivity (Wildman–Crippen MR) is 46.1 cm³/mol. The molecule has 6 heteroatoms. The molecule has 1 radical (unpaired) electrons. The number of hydrogen-bond donors (Lipinski definition) is 2. The number of nitrogens with zero attached hydrogens (tertiary/aromatic N) is 1. The fourth-order valence-corrected chi connectivity index (χ4v) is 0.811. The van der Waals surface area contributed by atoms with Crippen LogP contribution >= 0.6 is 0 Å². The summed E-state index contributed by atoms with van der Waals surface area (Å²) in [7, 11) is 1.03. The molecular formula is C7H10BN2O3. The topological polar surface area (TPSA) is 90.2 Å². The van der Waals surface area contributed by atoms with Crippen LogP contribution in [0, 0.1) is 11.2 Å². The number of carboxylic acids is 1. The predicted octanol–water partition coefficient (Wildman–Crippen LogP) is -0.429. The van der Waals surface area contributed by atoms with Gasteiger partial charge >= 0.3 is 5.97 Å². The van der Waals surface area contributed by atoms with Crippen LogP contribution in [0.5, 0.6) is 0 Å². The minimum Gasteiger partial charge on any atom is -0.481 e. The number of carboxylic acid groups (broad SMARTS) is 1. The van der Waals surface area contributed by atoms with Crippen molar-refractivity contribution < 1.29 is 14.7 Å². The molecule has 0 rings (SSSR count). The summed E-state index contributed by atoms with van der Waals surface area (Å²) in [4.78, 5) is 21.4. The van der Waals surface area contributed by atoms with Crippen molar-refractivity contribution in [2.24, 2.45) is 0 Å². The second-order valence-electron chi connectivity index (χ2n) is 2.39. The van der Waals surface area contributed by atoms with Crippen molar-refractivity contribution in [3.05, 3.63) is 0 Å². The first kappa shape index (κ1) is 11.5. The molecule has 0 saturated carbocycles. The number of rotatable bonds is 5. The Labute approximate surface area is 77.0 Å². The maximum absolute atomic E-state index is 11.1. The molecule has 0 saturated heterocycles. The monoisotopic (exact) mass is 181 g/mol. The molecule has 0 spiro atoms. The van der Waals surface area contributed by atoms with E-state index in [1.165, 1.54) is 0 Å². The smallest absolute Gasteiger partial charge is 0.303 e. The van der Waals surface area contributed by atoms with Crippen LogP contribution < -0.4 is 5.32 Å². The fraction of sp³-hybridized carbons (Fsp3) is 0.571. The normalized spacial score (nSPS) is 11.1. The molecule has 0 aromatic rings. The first-order chi connectivity index (χ1) is 6.11. The van der Waals surface area contributed by atoms with Gasteiger partial charge in [-0.1, -0.05) is 0 Å². The lowest BCUT2D eigenvalue weighted by Gasteiger charge is -2.08. The van der Waals surface area contributed by atoms with Gasteiger partial charge in [0.05, 0.1) is 6.42 Å². The third-order valence-electron chi connectivity index (χ3n) is 1.36. The Bertz CT molecular complexity index is 236. The Morgan fingerprint density at radius 2 is 2.31 bits per heavy atom. The number of aliphatic carboxylic acids is 1. The molecule has 5 nitrogen and oxygen atoms in total. The Hall–Kier alpha value is -1.51. The van der Waals surface area contributed by atoms with Crippen molar-refractivity contribution in [3.63, 3.8) is 0 Å². The standard InChI is InChI=1S/C7H10BN2O3/c1-2-10-7(13)5(8-4-9)3-6(11)12/h5H,2-3H2,1H3,(H,10,13)(H,11,12). The second kappa shape index (κ2) is 6.06. The van der Waals surface area contributed by atoms with Crippen molar-refractivity contribution in [2.75, 3.05) is 6.54 Å². The van der Waals surface area contributed by atoms with Crippen LogP contribution in [0.15, 0.2) is 0 Å². The minimum absolute atomic E-state index is 0.348. The lowest BCUT2D eigenvalue weighted by Crippen LogP contribution is -2.31. The molecule has 0 aromatic heterocycles. The summed E-state index contributed by atoms with van der Waals surface area (Å²) >= 11 is 0. The van der Waals surface area contributed by atoms with Crippen LogP contribution in [0.2, 0.25) is 5.82 Å². The molecule has 0 aliphatic rings. The van der Waals surface area contributed by atoms with E-state index in [1.54, 1.807) is 12.9 Å². The van der Waals surface area contributed by atoms with Crippen molar-refractivity contribution >= 4 is 19.2 Å². The SMILES string of the molecule is CCNC(=O)C([B]C#N)CC(=O)O. The number of hydrogen-bond acceptors (Lipinski definition) is 3. The summed E-state index contributed by atoms with van der Waals surface area (Å²) in [5, 5.41) is 19.2. The lowest BCUT2D eigenvalue weighted by molar-refractivity contribution is -0.138. The molecule has 0 bridgehead atoms. The van der Waals surface area contributed by atoms with Crippen LogP contribution in [0.4, 0.5) is 0 Å².